The molecule has 2 fully saturated rings. The van der Waals surface area contributed by atoms with E-state index in [-0.39, 0.29) is 0 Å². The summed E-state index contributed by atoms with van der Waals surface area (Å²) < 4.78 is 6.04. The van der Waals surface area contributed by atoms with E-state index in [2.05, 4.69) is 40.1 Å². The average Bonchev–Trinajstić information content (AvgIpc) is 2.62. The number of hydrogen-bond donors (Lipinski definition) is 0. The zero-order valence-electron chi connectivity index (χ0n) is 14.5. The smallest absolute Gasteiger partial charge is 0.0575 e. The van der Waals surface area contributed by atoms with Crippen LogP contribution in [0.5, 0.6) is 0 Å². The summed E-state index contributed by atoms with van der Waals surface area (Å²) in [6.45, 7) is 8.05. The van der Waals surface area contributed by atoms with Crippen molar-refractivity contribution in [2.45, 2.75) is 51.2 Å². The van der Waals surface area contributed by atoms with Crippen molar-refractivity contribution >= 4 is 0 Å². The van der Waals surface area contributed by atoms with Crippen molar-refractivity contribution in [3.8, 4) is 0 Å². The molecule has 0 spiro atoms. The predicted octanol–water partition coefficient (Wildman–Crippen LogP) is 3.54. The van der Waals surface area contributed by atoms with Crippen LogP contribution in [0, 0.1) is 0 Å². The Labute approximate surface area is 141 Å². The van der Waals surface area contributed by atoms with Crippen molar-refractivity contribution in [1.82, 2.24) is 9.80 Å². The molecule has 3 rings (SSSR count). The van der Waals surface area contributed by atoms with Crippen LogP contribution in [0.2, 0.25) is 0 Å². The third kappa shape index (κ3) is 5.91. The molecule has 1 saturated heterocycles. The summed E-state index contributed by atoms with van der Waals surface area (Å²) in [7, 11) is 0. The molecule has 0 amide bonds. The number of ether oxygens (including phenoxy) is 1. The van der Waals surface area contributed by atoms with Crippen molar-refractivity contribution in [2.24, 2.45) is 0 Å². The van der Waals surface area contributed by atoms with Gasteiger partial charge in [0.1, 0.15) is 0 Å². The first-order valence-electron chi connectivity index (χ1n) is 9.50. The van der Waals surface area contributed by atoms with Gasteiger partial charge in [-0.1, -0.05) is 49.6 Å². The van der Waals surface area contributed by atoms with E-state index in [1.165, 1.54) is 76.8 Å². The molecule has 3 nitrogen and oxygen atoms in total. The van der Waals surface area contributed by atoms with Gasteiger partial charge >= 0.3 is 0 Å². The van der Waals surface area contributed by atoms with E-state index in [0.717, 1.165) is 13.2 Å². The lowest BCUT2D eigenvalue weighted by atomic mass is 9.98. The van der Waals surface area contributed by atoms with Crippen molar-refractivity contribution in [1.29, 1.82) is 0 Å². The largest absolute Gasteiger partial charge is 0.378 e. The van der Waals surface area contributed by atoms with Gasteiger partial charge in [-0.2, -0.15) is 0 Å². The molecule has 1 aromatic rings. The Morgan fingerprint density at radius 2 is 1.57 bits per heavy atom. The second kappa shape index (κ2) is 9.41. The van der Waals surface area contributed by atoms with Crippen LogP contribution < -0.4 is 0 Å². The van der Waals surface area contributed by atoms with Gasteiger partial charge in [0, 0.05) is 45.9 Å². The summed E-state index contributed by atoms with van der Waals surface area (Å²) in [6, 6.07) is 10.8. The second-order valence-corrected chi connectivity index (χ2v) is 7.09. The third-order valence-electron chi connectivity index (χ3n) is 5.24. The van der Waals surface area contributed by atoms with Gasteiger partial charge in [-0.05, 0) is 24.8 Å². The summed E-state index contributed by atoms with van der Waals surface area (Å²) >= 11 is 0. The Morgan fingerprint density at radius 3 is 2.30 bits per heavy atom. The van der Waals surface area contributed by atoms with Gasteiger partial charge in [-0.3, -0.25) is 4.90 Å². The van der Waals surface area contributed by atoms with Crippen LogP contribution in [0.15, 0.2) is 30.3 Å². The highest BCUT2D eigenvalue weighted by Gasteiger charge is 2.17. The highest BCUT2D eigenvalue weighted by Crippen LogP contribution is 2.20. The lowest BCUT2D eigenvalue weighted by Crippen LogP contribution is -2.46. The van der Waals surface area contributed by atoms with Crippen LogP contribution in [-0.2, 0) is 11.3 Å². The van der Waals surface area contributed by atoms with Gasteiger partial charge in [0.15, 0.2) is 0 Å². The third-order valence-corrected chi connectivity index (χ3v) is 5.24. The normalized spacial score (nSPS) is 21.6. The molecule has 3 heteroatoms. The molecule has 0 atom stereocenters. The summed E-state index contributed by atoms with van der Waals surface area (Å²) in [5.41, 5.74) is 1.43. The quantitative estimate of drug-likeness (QED) is 0.716. The van der Waals surface area contributed by atoms with Crippen LogP contribution >= 0.6 is 0 Å². The van der Waals surface area contributed by atoms with Gasteiger partial charge in [-0.25, -0.2) is 0 Å². The zero-order valence-corrected chi connectivity index (χ0v) is 14.5. The highest BCUT2D eigenvalue weighted by molar-refractivity contribution is 5.14. The molecule has 1 aromatic carbocycles. The van der Waals surface area contributed by atoms with E-state index in [0.29, 0.717) is 6.10 Å². The van der Waals surface area contributed by atoms with Crippen LogP contribution in [0.1, 0.15) is 44.1 Å². The predicted molar refractivity (Wildman–Crippen MR) is 95.6 cm³/mol. The molecule has 1 aliphatic heterocycles. The minimum atomic E-state index is 0.562. The lowest BCUT2D eigenvalue weighted by molar-refractivity contribution is 0.0210. The molecule has 0 bridgehead atoms. The molecule has 0 unspecified atom stereocenters. The van der Waals surface area contributed by atoms with Gasteiger partial charge in [-0.15, -0.1) is 0 Å². The molecule has 0 aromatic heterocycles. The lowest BCUT2D eigenvalue weighted by Gasteiger charge is -2.34. The molecular weight excluding hydrogens is 284 g/mol. The van der Waals surface area contributed by atoms with Gasteiger partial charge in [0.25, 0.3) is 0 Å². The van der Waals surface area contributed by atoms with E-state index < -0.39 is 0 Å². The maximum Gasteiger partial charge on any atom is 0.0575 e. The average molecular weight is 316 g/mol. The van der Waals surface area contributed by atoms with E-state index in [4.69, 9.17) is 4.74 Å². The van der Waals surface area contributed by atoms with Crippen molar-refractivity contribution in [3.05, 3.63) is 35.9 Å². The number of benzene rings is 1. The first-order chi connectivity index (χ1) is 11.4. The molecule has 1 saturated carbocycles. The molecule has 2 aliphatic rings. The Hall–Kier alpha value is -0.900. The summed E-state index contributed by atoms with van der Waals surface area (Å²) in [4.78, 5) is 5.18. The molecule has 0 N–H and O–H groups in total. The molecular formula is C20H32N2O. The van der Waals surface area contributed by atoms with Crippen LogP contribution in [0.3, 0.4) is 0 Å². The van der Waals surface area contributed by atoms with E-state index in [9.17, 15) is 0 Å². The topological polar surface area (TPSA) is 15.7 Å². The Kier molecular flexibility index (Phi) is 6.93. The molecule has 128 valence electrons. The first-order valence-corrected chi connectivity index (χ1v) is 9.50. The minimum absolute atomic E-state index is 0.562. The minimum Gasteiger partial charge on any atom is -0.378 e. The van der Waals surface area contributed by atoms with Gasteiger partial charge in [0.05, 0.1) is 6.10 Å². The fourth-order valence-electron chi connectivity index (χ4n) is 3.78. The fraction of sp³-hybridized carbons (Fsp3) is 0.700. The molecule has 1 heterocycles. The first kappa shape index (κ1) is 16.9. The highest BCUT2D eigenvalue weighted by atomic mass is 16.5. The number of hydrogen-bond acceptors (Lipinski definition) is 3. The second-order valence-electron chi connectivity index (χ2n) is 7.09. The molecule has 1 aliphatic carbocycles. The fourth-order valence-corrected chi connectivity index (χ4v) is 3.78. The maximum absolute atomic E-state index is 6.04. The molecule has 23 heavy (non-hydrogen) atoms. The molecule has 0 radical (unpaired) electrons. The van der Waals surface area contributed by atoms with E-state index >= 15 is 0 Å². The number of nitrogens with zero attached hydrogens (tertiary/aromatic N) is 2. The van der Waals surface area contributed by atoms with Crippen LogP contribution in [0.25, 0.3) is 0 Å². The van der Waals surface area contributed by atoms with Crippen LogP contribution in [0.4, 0.5) is 0 Å². The Bertz CT molecular complexity index is 423. The number of rotatable bonds is 7. The summed E-state index contributed by atoms with van der Waals surface area (Å²) in [5, 5.41) is 0. The number of piperazine rings is 1. The van der Waals surface area contributed by atoms with Crippen LogP contribution in [-0.4, -0.2) is 55.2 Å². The Morgan fingerprint density at radius 1 is 0.870 bits per heavy atom. The SMILES string of the molecule is c1ccc(CN2CCN(CCCOC3CCCCC3)CC2)cc1. The Balaban J connectivity index is 1.26. The van der Waals surface area contributed by atoms with E-state index in [1.54, 1.807) is 0 Å². The van der Waals surface area contributed by atoms with Crippen molar-refractivity contribution < 1.29 is 4.74 Å². The summed E-state index contributed by atoms with van der Waals surface area (Å²) in [5.74, 6) is 0. The summed E-state index contributed by atoms with van der Waals surface area (Å²) in [6.07, 6.45) is 8.48. The van der Waals surface area contributed by atoms with E-state index in [1.807, 2.05) is 0 Å². The standard InChI is InChI=1S/C20H32N2O/c1-3-8-19(9-4-1)18-22-15-13-21(14-16-22)12-7-17-23-20-10-5-2-6-11-20/h1,3-4,8-9,20H,2,5-7,10-18H2. The van der Waals surface area contributed by atoms with Gasteiger partial charge in [0.2, 0.25) is 0 Å². The van der Waals surface area contributed by atoms with Crippen molar-refractivity contribution in [3.63, 3.8) is 0 Å². The maximum atomic E-state index is 6.04. The van der Waals surface area contributed by atoms with Crippen molar-refractivity contribution in [2.75, 3.05) is 39.3 Å². The monoisotopic (exact) mass is 316 g/mol. The zero-order chi connectivity index (χ0) is 15.7. The van der Waals surface area contributed by atoms with Gasteiger partial charge < -0.3 is 9.64 Å².